The van der Waals surface area contributed by atoms with Crippen molar-refractivity contribution in [2.75, 3.05) is 44.8 Å². The normalized spacial score (nSPS) is 15.4. The molecule has 26 nitrogen and oxygen atoms in total. The number of aliphatic hydroxyl groups is 1. The number of rotatable bonds is 34. The molecule has 0 spiro atoms. The number of amides is 8. The van der Waals surface area contributed by atoms with Crippen molar-refractivity contribution in [3.05, 3.63) is 94.2 Å². The number of nitrogens with one attached hydrogen (secondary N) is 7. The molecule has 0 saturated carbocycles. The molecular weight excluding hydrogens is 1070 g/mol. The number of thioether (sulfide) groups is 1. The second kappa shape index (κ2) is 34.2. The van der Waals surface area contributed by atoms with E-state index in [-0.39, 0.29) is 63.5 Å². The Labute approximate surface area is 472 Å². The monoisotopic (exact) mass is 1150 g/mol. The van der Waals surface area contributed by atoms with Crippen molar-refractivity contribution in [2.45, 2.75) is 113 Å². The Morgan fingerprint density at radius 1 is 0.675 bits per heavy atom. The topological polar surface area (TPSA) is 436 Å². The summed E-state index contributed by atoms with van der Waals surface area (Å²) in [5.74, 6) is -6.86. The van der Waals surface area contributed by atoms with Crippen LogP contribution in [-0.2, 0) is 56.0 Å². The third-order valence-electron chi connectivity index (χ3n) is 12.6. The summed E-state index contributed by atoms with van der Waals surface area (Å²) in [4.78, 5) is 132. The van der Waals surface area contributed by atoms with Crippen molar-refractivity contribution >= 4 is 88.2 Å². The number of aliphatic hydroxyl groups excluding tert-OH is 1. The average molecular weight is 1150 g/mol. The van der Waals surface area contributed by atoms with Crippen LogP contribution in [0.2, 0.25) is 0 Å². The summed E-state index contributed by atoms with van der Waals surface area (Å²) in [5.41, 5.74) is 28.9. The number of nitrogens with zero attached hydrogens (tertiary/aromatic N) is 3. The van der Waals surface area contributed by atoms with Gasteiger partial charge >= 0.3 is 5.97 Å². The van der Waals surface area contributed by atoms with Gasteiger partial charge in [0.05, 0.1) is 31.7 Å². The molecule has 0 bridgehead atoms. The number of carboxylic acids is 1. The highest BCUT2D eigenvalue weighted by Crippen LogP contribution is 2.23. The van der Waals surface area contributed by atoms with E-state index in [9.17, 15) is 53.4 Å². The fourth-order valence-corrected chi connectivity index (χ4v) is 9.76. The molecule has 1 aliphatic rings. The number of aliphatic imine (C=N–C) groups is 2. The van der Waals surface area contributed by atoms with Gasteiger partial charge in [-0.1, -0.05) is 66.7 Å². The van der Waals surface area contributed by atoms with Crippen LogP contribution < -0.4 is 65.9 Å². The van der Waals surface area contributed by atoms with Crippen molar-refractivity contribution in [3.8, 4) is 0 Å². The van der Waals surface area contributed by atoms with Gasteiger partial charge in [0.15, 0.2) is 11.9 Å². The van der Waals surface area contributed by atoms with Crippen LogP contribution >= 0.6 is 23.1 Å². The van der Waals surface area contributed by atoms with E-state index in [4.69, 9.17) is 28.7 Å². The van der Waals surface area contributed by atoms with E-state index >= 15 is 0 Å². The standard InChI is InChI=1S/C52H75N15O11S2/c1-79-25-20-34(63-48(75)40-18-10-23-67(40)49(76)33(53)16-8-21-58-51(54)55)44(71)60-29-43(70)61-36(41-19-11-24-80-41)28-42(69)62-39(30-68)47(74)66-38(27-32-14-6-3-7-15-32)46(73)65-37(26-31-12-4-2-5-13-31)45(72)64-35(50(77)78)17-9-22-59-52(56)57/h2-7,11-15,19,24,33-40,68H,8-10,16-18,20-23,25-30,53H2,1H3,(H,60,71)(H,61,70)(H,62,69)(H,63,75)(H,64,72)(H,65,73)(H,66,74)(H,77,78)(H4,54,55,58)(H4,56,57,59)/t33-,34-,35-,36?,37-,38+,39-,40-/m0/s1. The number of carbonyl (C=O) groups is 9. The van der Waals surface area contributed by atoms with E-state index in [1.165, 1.54) is 28.0 Å². The average Bonchev–Trinajstić information content (AvgIpc) is 4.17. The molecule has 3 aromatic rings. The first kappa shape index (κ1) is 64.7. The third-order valence-corrected chi connectivity index (χ3v) is 14.3. The lowest BCUT2D eigenvalue weighted by atomic mass is 10.0. The van der Waals surface area contributed by atoms with Crippen LogP contribution in [0.25, 0.3) is 0 Å². The zero-order valence-electron chi connectivity index (χ0n) is 44.6. The zero-order chi connectivity index (χ0) is 58.6. The Morgan fingerprint density at radius 3 is 1.76 bits per heavy atom. The van der Waals surface area contributed by atoms with E-state index in [0.717, 1.165) is 0 Å². The first-order valence-corrected chi connectivity index (χ1v) is 28.3. The van der Waals surface area contributed by atoms with Crippen molar-refractivity contribution in [1.29, 1.82) is 0 Å². The largest absolute Gasteiger partial charge is 0.480 e. The first-order chi connectivity index (χ1) is 38.3. The number of hydrogen-bond donors (Lipinski definition) is 14. The van der Waals surface area contributed by atoms with Gasteiger partial charge in [-0.25, -0.2) is 4.79 Å². The lowest BCUT2D eigenvalue weighted by molar-refractivity contribution is -0.142. The highest BCUT2D eigenvalue weighted by Gasteiger charge is 2.38. The van der Waals surface area contributed by atoms with Gasteiger partial charge in [-0.3, -0.25) is 48.3 Å². The number of thiophene rings is 1. The molecule has 1 aromatic heterocycles. The predicted molar refractivity (Wildman–Crippen MR) is 303 cm³/mol. The Balaban J connectivity index is 1.42. The fourth-order valence-electron chi connectivity index (χ4n) is 8.51. The summed E-state index contributed by atoms with van der Waals surface area (Å²) in [6.07, 6.45) is 3.20. The molecule has 2 aromatic carbocycles. The molecule has 1 fully saturated rings. The molecule has 80 heavy (non-hydrogen) atoms. The lowest BCUT2D eigenvalue weighted by Gasteiger charge is -2.28. The van der Waals surface area contributed by atoms with E-state index in [1.54, 1.807) is 78.2 Å². The minimum absolute atomic E-state index is 0.0410. The van der Waals surface area contributed by atoms with Crippen LogP contribution in [-0.4, -0.2) is 167 Å². The molecule has 2 heterocycles. The van der Waals surface area contributed by atoms with E-state index in [1.807, 2.05) is 6.26 Å². The van der Waals surface area contributed by atoms with Crippen LogP contribution in [0.3, 0.4) is 0 Å². The Morgan fingerprint density at radius 2 is 1.24 bits per heavy atom. The molecule has 4 rings (SSSR count). The molecule has 1 unspecified atom stereocenters. The highest BCUT2D eigenvalue weighted by atomic mass is 32.2. The second-order valence-corrected chi connectivity index (χ2v) is 20.8. The third kappa shape index (κ3) is 22.5. The number of carbonyl (C=O) groups excluding carboxylic acids is 8. The van der Waals surface area contributed by atoms with Gasteiger partial charge in [0.1, 0.15) is 36.3 Å². The van der Waals surface area contributed by atoms with Crippen LogP contribution in [0.15, 0.2) is 88.2 Å². The molecule has 0 aliphatic carbocycles. The lowest BCUT2D eigenvalue weighted by Crippen LogP contribution is -2.59. The maximum Gasteiger partial charge on any atom is 0.326 e. The van der Waals surface area contributed by atoms with Gasteiger partial charge in [-0.05, 0) is 79.5 Å². The number of guanidine groups is 2. The first-order valence-electron chi connectivity index (χ1n) is 26.0. The van der Waals surface area contributed by atoms with Gasteiger partial charge in [-0.2, -0.15) is 11.8 Å². The minimum atomic E-state index is -1.62. The smallest absolute Gasteiger partial charge is 0.326 e. The number of aliphatic carboxylic acids is 1. The maximum atomic E-state index is 14.3. The van der Waals surface area contributed by atoms with Gasteiger partial charge in [0.2, 0.25) is 47.3 Å². The summed E-state index contributed by atoms with van der Waals surface area (Å²) in [5, 5.41) is 40.4. The van der Waals surface area contributed by atoms with E-state index in [0.29, 0.717) is 47.6 Å². The number of benzene rings is 2. The Hall–Kier alpha value is -7.82. The van der Waals surface area contributed by atoms with Gasteiger partial charge in [0.25, 0.3) is 0 Å². The molecule has 1 saturated heterocycles. The SMILES string of the molecule is CSCC[C@H](NC(=O)[C@@H]1CCCN1C(=O)[C@@H](N)CCCN=C(N)N)C(=O)NCC(=O)NC(CC(=O)N[C@@H](CO)C(=O)N[C@H](Cc1ccccc1)C(=O)N[C@@H](Cc1ccccc1)C(=O)N[C@@H](CCCN=C(N)N)C(=O)O)c1cccs1. The van der Waals surface area contributed by atoms with Crippen molar-refractivity contribution in [3.63, 3.8) is 0 Å². The van der Waals surface area contributed by atoms with Gasteiger partial charge in [0, 0.05) is 37.4 Å². The predicted octanol–water partition coefficient (Wildman–Crippen LogP) is -2.42. The van der Waals surface area contributed by atoms with E-state index in [2.05, 4.69) is 47.2 Å². The quantitative estimate of drug-likeness (QED) is 0.0168. The second-order valence-electron chi connectivity index (χ2n) is 18.8. The molecular formula is C52H75N15O11S2. The zero-order valence-corrected chi connectivity index (χ0v) is 46.2. The molecule has 8 amide bonds. The van der Waals surface area contributed by atoms with Crippen LogP contribution in [0.5, 0.6) is 0 Å². The van der Waals surface area contributed by atoms with Crippen LogP contribution in [0.4, 0.5) is 0 Å². The molecule has 8 atom stereocenters. The highest BCUT2D eigenvalue weighted by molar-refractivity contribution is 7.98. The number of likely N-dealkylation sites (tertiary alicyclic amines) is 1. The van der Waals surface area contributed by atoms with Crippen molar-refractivity contribution < 1.29 is 53.4 Å². The molecule has 1 aliphatic heterocycles. The Kier molecular flexibility index (Phi) is 27.7. The summed E-state index contributed by atoms with van der Waals surface area (Å²) in [6.45, 7) is -0.783. The summed E-state index contributed by atoms with van der Waals surface area (Å²) in [6, 6.07) is 11.0. The number of carboxylic acid groups (broad SMARTS) is 1. The molecule has 19 N–H and O–H groups in total. The Bertz CT molecular complexity index is 2570. The number of nitrogens with two attached hydrogens (primary N) is 5. The minimum Gasteiger partial charge on any atom is -0.480 e. The molecule has 28 heteroatoms. The van der Waals surface area contributed by atoms with Crippen molar-refractivity contribution in [1.82, 2.24) is 42.1 Å². The summed E-state index contributed by atoms with van der Waals surface area (Å²) >= 11 is 2.65. The fraction of sp³-hybridized carbons (Fsp3) is 0.481. The molecule has 436 valence electrons. The molecule has 0 radical (unpaired) electrons. The maximum absolute atomic E-state index is 14.3. The van der Waals surface area contributed by atoms with Gasteiger partial charge in [-0.15, -0.1) is 11.3 Å². The summed E-state index contributed by atoms with van der Waals surface area (Å²) in [7, 11) is 0. The van der Waals surface area contributed by atoms with E-state index < -0.39 is 121 Å². The van der Waals surface area contributed by atoms with Crippen LogP contribution in [0.1, 0.15) is 73.4 Å². The van der Waals surface area contributed by atoms with Gasteiger partial charge < -0.3 is 81.0 Å². The number of hydrogen-bond acceptors (Lipinski definition) is 15. The van der Waals surface area contributed by atoms with Crippen LogP contribution in [0, 0.1) is 0 Å². The summed E-state index contributed by atoms with van der Waals surface area (Å²) < 4.78 is 0. The van der Waals surface area contributed by atoms with Crippen molar-refractivity contribution in [2.24, 2.45) is 38.7 Å².